The first-order chi connectivity index (χ1) is 11.9. The van der Waals surface area contributed by atoms with Gasteiger partial charge in [0, 0.05) is 30.5 Å². The van der Waals surface area contributed by atoms with Crippen molar-refractivity contribution in [3.05, 3.63) is 66.0 Å². The quantitative estimate of drug-likeness (QED) is 0.865. The Bertz CT molecular complexity index is 697. The lowest BCUT2D eigenvalue weighted by molar-refractivity contribution is 0.185. The first kappa shape index (κ1) is 15.4. The molecule has 0 spiro atoms. The number of thioether (sulfide) groups is 1. The highest BCUT2D eigenvalue weighted by molar-refractivity contribution is 7.99. The van der Waals surface area contributed by atoms with Crippen molar-refractivity contribution in [3.63, 3.8) is 0 Å². The van der Waals surface area contributed by atoms with E-state index in [0.29, 0.717) is 0 Å². The first-order valence-electron chi connectivity index (χ1n) is 8.33. The third-order valence-electron chi connectivity index (χ3n) is 4.35. The van der Waals surface area contributed by atoms with Gasteiger partial charge in [-0.1, -0.05) is 36.4 Å². The Hall–Kier alpha value is -2.14. The van der Waals surface area contributed by atoms with E-state index in [-0.39, 0.29) is 6.10 Å². The molecule has 3 heterocycles. The van der Waals surface area contributed by atoms with Crippen LogP contribution in [-0.4, -0.2) is 35.8 Å². The lowest BCUT2D eigenvalue weighted by atomic mass is 10.1. The average molecular weight is 339 g/mol. The molecule has 0 aliphatic carbocycles. The molecule has 124 valence electrons. The van der Waals surface area contributed by atoms with Crippen LogP contribution in [0.25, 0.3) is 5.76 Å². The highest BCUT2D eigenvalue weighted by Crippen LogP contribution is 2.29. The van der Waals surface area contributed by atoms with E-state index in [0.717, 1.165) is 48.3 Å². The van der Waals surface area contributed by atoms with E-state index in [2.05, 4.69) is 45.5 Å². The van der Waals surface area contributed by atoms with E-state index < -0.39 is 0 Å². The van der Waals surface area contributed by atoms with E-state index >= 15 is 0 Å². The van der Waals surface area contributed by atoms with E-state index in [1.165, 1.54) is 5.70 Å². The summed E-state index contributed by atoms with van der Waals surface area (Å²) in [5.41, 5.74) is 2.36. The van der Waals surface area contributed by atoms with Gasteiger partial charge in [0.2, 0.25) is 0 Å². The normalized spacial score (nSPS) is 22.3. The molecule has 1 aromatic heterocycles. The molecule has 1 aromatic carbocycles. The summed E-state index contributed by atoms with van der Waals surface area (Å²) in [5.74, 6) is 3.99. The predicted octanol–water partition coefficient (Wildman–Crippen LogP) is 3.34. The second kappa shape index (κ2) is 7.18. The SMILES string of the molecule is c1ccc(C(O[C@H]2CCN(c3ccccn3)C2)=C2CSCN2)cc1. The van der Waals surface area contributed by atoms with Gasteiger partial charge in [0.25, 0.3) is 0 Å². The average Bonchev–Trinajstić information content (AvgIpc) is 3.33. The van der Waals surface area contributed by atoms with Crippen molar-refractivity contribution < 1.29 is 4.74 Å². The Balaban J connectivity index is 1.51. The number of benzene rings is 1. The maximum atomic E-state index is 6.47. The van der Waals surface area contributed by atoms with Crippen LogP contribution in [0.2, 0.25) is 0 Å². The molecule has 2 fully saturated rings. The van der Waals surface area contributed by atoms with Crippen molar-refractivity contribution in [1.29, 1.82) is 0 Å². The molecule has 2 aliphatic rings. The minimum absolute atomic E-state index is 0.196. The molecule has 1 atom stereocenters. The molecule has 5 heteroatoms. The molecule has 4 nitrogen and oxygen atoms in total. The van der Waals surface area contributed by atoms with Crippen molar-refractivity contribution in [2.45, 2.75) is 12.5 Å². The number of ether oxygens (including phenoxy) is 1. The Kier molecular flexibility index (Phi) is 4.60. The highest BCUT2D eigenvalue weighted by Gasteiger charge is 2.27. The summed E-state index contributed by atoms with van der Waals surface area (Å²) in [4.78, 5) is 6.75. The molecular formula is C19H21N3OS. The van der Waals surface area contributed by atoms with Crippen LogP contribution in [0.15, 0.2) is 60.4 Å². The van der Waals surface area contributed by atoms with Crippen molar-refractivity contribution >= 4 is 23.3 Å². The van der Waals surface area contributed by atoms with Gasteiger partial charge in [0.15, 0.2) is 0 Å². The predicted molar refractivity (Wildman–Crippen MR) is 99.8 cm³/mol. The third-order valence-corrected chi connectivity index (χ3v) is 5.19. The number of nitrogens with one attached hydrogen (secondary N) is 1. The van der Waals surface area contributed by atoms with Gasteiger partial charge in [-0.05, 0) is 12.1 Å². The Morgan fingerprint density at radius 3 is 2.79 bits per heavy atom. The second-order valence-electron chi connectivity index (χ2n) is 6.01. The lowest BCUT2D eigenvalue weighted by Crippen LogP contribution is -2.24. The third kappa shape index (κ3) is 3.36. The minimum Gasteiger partial charge on any atom is -0.486 e. The zero-order valence-corrected chi connectivity index (χ0v) is 14.3. The summed E-state index contributed by atoms with van der Waals surface area (Å²) in [6.07, 6.45) is 3.07. The summed E-state index contributed by atoms with van der Waals surface area (Å²) in [7, 11) is 0. The molecular weight excluding hydrogens is 318 g/mol. The van der Waals surface area contributed by atoms with Crippen LogP contribution in [0.4, 0.5) is 5.82 Å². The molecule has 2 aromatic rings. The molecule has 24 heavy (non-hydrogen) atoms. The standard InChI is InChI=1S/C19H21N3OS/c1-2-6-15(7-3-1)19(17-13-24-14-21-17)23-16-9-11-22(12-16)18-8-4-5-10-20-18/h1-8,10,16,21H,9,11-14H2/t16-/m0/s1. The van der Waals surface area contributed by atoms with Crippen molar-refractivity contribution in [3.8, 4) is 0 Å². The van der Waals surface area contributed by atoms with Gasteiger partial charge in [0.05, 0.1) is 18.1 Å². The van der Waals surface area contributed by atoms with Crippen LogP contribution < -0.4 is 10.2 Å². The van der Waals surface area contributed by atoms with E-state index in [4.69, 9.17) is 4.74 Å². The number of aromatic nitrogens is 1. The molecule has 4 rings (SSSR count). The zero-order chi connectivity index (χ0) is 16.2. The smallest absolute Gasteiger partial charge is 0.146 e. The molecule has 2 saturated heterocycles. The summed E-state index contributed by atoms with van der Waals surface area (Å²) < 4.78 is 6.47. The van der Waals surface area contributed by atoms with Gasteiger partial charge >= 0.3 is 0 Å². The van der Waals surface area contributed by atoms with Crippen LogP contribution >= 0.6 is 11.8 Å². The van der Waals surface area contributed by atoms with E-state index in [1.54, 1.807) is 0 Å². The summed E-state index contributed by atoms with van der Waals surface area (Å²) in [5, 5.41) is 3.46. The Morgan fingerprint density at radius 2 is 2.04 bits per heavy atom. The molecule has 2 aliphatic heterocycles. The van der Waals surface area contributed by atoms with Crippen LogP contribution in [-0.2, 0) is 4.74 Å². The fourth-order valence-electron chi connectivity index (χ4n) is 3.13. The Labute approximate surface area is 146 Å². The van der Waals surface area contributed by atoms with Gasteiger partial charge in [-0.25, -0.2) is 4.98 Å². The maximum Gasteiger partial charge on any atom is 0.146 e. The van der Waals surface area contributed by atoms with Crippen LogP contribution in [0.5, 0.6) is 0 Å². The largest absolute Gasteiger partial charge is 0.486 e. The fourth-order valence-corrected chi connectivity index (χ4v) is 3.95. The van der Waals surface area contributed by atoms with E-state index in [9.17, 15) is 0 Å². The lowest BCUT2D eigenvalue weighted by Gasteiger charge is -2.20. The van der Waals surface area contributed by atoms with Gasteiger partial charge in [-0.2, -0.15) is 0 Å². The van der Waals surface area contributed by atoms with Crippen LogP contribution in [0.1, 0.15) is 12.0 Å². The first-order valence-corrected chi connectivity index (χ1v) is 9.48. The van der Waals surface area contributed by atoms with Gasteiger partial charge < -0.3 is 15.0 Å². The van der Waals surface area contributed by atoms with Crippen molar-refractivity contribution in [1.82, 2.24) is 10.3 Å². The molecule has 0 saturated carbocycles. The van der Waals surface area contributed by atoms with Crippen LogP contribution in [0.3, 0.4) is 0 Å². The van der Waals surface area contributed by atoms with Crippen molar-refractivity contribution in [2.24, 2.45) is 0 Å². The molecule has 1 N–H and O–H groups in total. The molecule has 0 amide bonds. The van der Waals surface area contributed by atoms with Crippen LogP contribution in [0, 0.1) is 0 Å². The number of hydrogen-bond donors (Lipinski definition) is 1. The number of hydrogen-bond acceptors (Lipinski definition) is 5. The fraction of sp³-hybridized carbons (Fsp3) is 0.316. The Morgan fingerprint density at radius 1 is 1.17 bits per heavy atom. The van der Waals surface area contributed by atoms with Gasteiger partial charge in [-0.15, -0.1) is 11.8 Å². The molecule has 0 bridgehead atoms. The summed E-state index contributed by atoms with van der Waals surface area (Å²) in [6.45, 7) is 1.87. The zero-order valence-electron chi connectivity index (χ0n) is 13.5. The van der Waals surface area contributed by atoms with Crippen molar-refractivity contribution in [2.75, 3.05) is 29.6 Å². The number of anilines is 1. The maximum absolute atomic E-state index is 6.47. The highest BCUT2D eigenvalue weighted by atomic mass is 32.2. The number of pyridine rings is 1. The number of nitrogens with zero attached hydrogens (tertiary/aromatic N) is 2. The molecule has 0 radical (unpaired) electrons. The second-order valence-corrected chi connectivity index (χ2v) is 6.99. The van der Waals surface area contributed by atoms with Gasteiger partial charge in [0.1, 0.15) is 17.7 Å². The van der Waals surface area contributed by atoms with Gasteiger partial charge in [-0.3, -0.25) is 0 Å². The topological polar surface area (TPSA) is 37.4 Å². The minimum atomic E-state index is 0.196. The summed E-state index contributed by atoms with van der Waals surface area (Å²) in [6, 6.07) is 16.5. The van der Waals surface area contributed by atoms with E-state index in [1.807, 2.05) is 36.2 Å². The number of rotatable bonds is 4. The monoisotopic (exact) mass is 339 g/mol. The molecule has 0 unspecified atom stereocenters. The summed E-state index contributed by atoms with van der Waals surface area (Å²) >= 11 is 1.89.